The lowest BCUT2D eigenvalue weighted by Crippen LogP contribution is -2.22. The summed E-state index contributed by atoms with van der Waals surface area (Å²) in [4.78, 5) is 13.5. The van der Waals surface area contributed by atoms with Crippen LogP contribution in [-0.4, -0.2) is 31.3 Å². The fraction of sp³-hybridized carbons (Fsp3) is 0.588. The van der Waals surface area contributed by atoms with Gasteiger partial charge in [0, 0.05) is 25.2 Å². The molecule has 0 atom stereocenters. The van der Waals surface area contributed by atoms with Gasteiger partial charge in [0.2, 0.25) is 0 Å². The first-order valence-electron chi connectivity index (χ1n) is 7.92. The van der Waals surface area contributed by atoms with Crippen molar-refractivity contribution < 1.29 is 18.0 Å². The minimum Gasteiger partial charge on any atom is -0.316 e. The summed E-state index contributed by atoms with van der Waals surface area (Å²) in [5, 5.41) is 2.71. The molecule has 2 aliphatic rings. The fourth-order valence-corrected chi connectivity index (χ4v) is 3.59. The number of alkyl halides is 3. The van der Waals surface area contributed by atoms with Crippen LogP contribution in [0, 0.1) is 5.41 Å². The highest BCUT2D eigenvalue weighted by Gasteiger charge is 2.47. The molecule has 6 heteroatoms. The van der Waals surface area contributed by atoms with Gasteiger partial charge >= 0.3 is 6.18 Å². The normalized spacial score (nSPS) is 20.2. The van der Waals surface area contributed by atoms with Gasteiger partial charge in [0.15, 0.2) is 0 Å². The van der Waals surface area contributed by atoms with E-state index in [9.17, 15) is 18.0 Å². The molecule has 126 valence electrons. The Kier molecular flexibility index (Phi) is 4.23. The highest BCUT2D eigenvalue weighted by atomic mass is 19.4. The summed E-state index contributed by atoms with van der Waals surface area (Å²) in [6, 6.07) is 2.81. The predicted molar refractivity (Wildman–Crippen MR) is 81.2 cm³/mol. The first-order valence-corrected chi connectivity index (χ1v) is 7.92. The van der Waals surface area contributed by atoms with E-state index < -0.39 is 11.7 Å². The lowest BCUT2D eigenvalue weighted by Gasteiger charge is -2.20. The Bertz CT molecular complexity index is 609. The monoisotopic (exact) mass is 326 g/mol. The number of benzene rings is 1. The molecule has 1 N–H and O–H groups in total. The summed E-state index contributed by atoms with van der Waals surface area (Å²) in [5.74, 6) is 0. The van der Waals surface area contributed by atoms with E-state index in [2.05, 4.69) is 10.2 Å². The number of nitrogens with one attached hydrogen (secondary N) is 1. The minimum absolute atomic E-state index is 0.0238. The number of carbonyl (C=O) groups is 1. The predicted octanol–water partition coefficient (Wildman–Crippen LogP) is 3.22. The maximum Gasteiger partial charge on any atom is 0.416 e. The second-order valence-corrected chi connectivity index (χ2v) is 6.82. The molecule has 0 unspecified atom stereocenters. The number of nitrogens with zero attached hydrogens (tertiary/aromatic N) is 1. The summed E-state index contributed by atoms with van der Waals surface area (Å²) >= 11 is 0. The van der Waals surface area contributed by atoms with Gasteiger partial charge < -0.3 is 5.32 Å². The lowest BCUT2D eigenvalue weighted by atomic mass is 9.97. The van der Waals surface area contributed by atoms with E-state index in [1.165, 1.54) is 18.9 Å². The summed E-state index contributed by atoms with van der Waals surface area (Å²) in [7, 11) is 1.57. The Hall–Kier alpha value is -1.40. The zero-order valence-electron chi connectivity index (χ0n) is 13.2. The third-order valence-electron chi connectivity index (χ3n) is 5.01. The van der Waals surface area contributed by atoms with Gasteiger partial charge in [0.25, 0.3) is 0 Å². The van der Waals surface area contributed by atoms with E-state index in [0.29, 0.717) is 23.8 Å². The van der Waals surface area contributed by atoms with E-state index in [1.54, 1.807) is 13.1 Å². The highest BCUT2D eigenvalue weighted by Crippen LogP contribution is 2.52. The maximum atomic E-state index is 13.4. The van der Waals surface area contributed by atoms with Crippen LogP contribution in [0.2, 0.25) is 0 Å². The fourth-order valence-electron chi connectivity index (χ4n) is 3.59. The van der Waals surface area contributed by atoms with E-state index in [-0.39, 0.29) is 17.7 Å². The Morgan fingerprint density at radius 3 is 2.57 bits per heavy atom. The van der Waals surface area contributed by atoms with Crippen molar-refractivity contribution in [3.63, 3.8) is 0 Å². The molecule has 1 aromatic carbocycles. The van der Waals surface area contributed by atoms with Gasteiger partial charge in [-0.2, -0.15) is 13.2 Å². The molecule has 0 aromatic heterocycles. The number of likely N-dealkylation sites (tertiary alicyclic amines) is 1. The van der Waals surface area contributed by atoms with Gasteiger partial charge in [-0.15, -0.1) is 0 Å². The molecule has 0 amide bonds. The number of rotatable bonds is 5. The number of hydrogen-bond donors (Lipinski definition) is 1. The number of halogens is 3. The van der Waals surface area contributed by atoms with Crippen molar-refractivity contribution in [1.82, 2.24) is 10.2 Å². The standard InChI is InChI=1S/C17H21F3N2O/c1-21-8-14-13(10-23)6-12(7-15(14)17(18,19)20)9-22-5-4-16(11-22)2-3-16/h6-7,10,21H,2-5,8-9,11H2,1H3. The molecule has 1 spiro atoms. The van der Waals surface area contributed by atoms with Gasteiger partial charge in [-0.25, -0.2) is 0 Å². The molecule has 3 nitrogen and oxygen atoms in total. The quantitative estimate of drug-likeness (QED) is 0.843. The zero-order valence-corrected chi connectivity index (χ0v) is 13.2. The van der Waals surface area contributed by atoms with Crippen molar-refractivity contribution in [2.75, 3.05) is 20.1 Å². The third kappa shape index (κ3) is 3.43. The second-order valence-electron chi connectivity index (χ2n) is 6.82. The largest absolute Gasteiger partial charge is 0.416 e. The Labute approximate surface area is 133 Å². The SMILES string of the molecule is CNCc1c(C=O)cc(CN2CCC3(CC3)C2)cc1C(F)(F)F. The van der Waals surface area contributed by atoms with Crippen molar-refractivity contribution in [3.8, 4) is 0 Å². The average molecular weight is 326 g/mol. The summed E-state index contributed by atoms with van der Waals surface area (Å²) < 4.78 is 40.1. The summed E-state index contributed by atoms with van der Waals surface area (Å²) in [6.07, 6.45) is -0.325. The van der Waals surface area contributed by atoms with Crippen LogP contribution in [0.4, 0.5) is 13.2 Å². The van der Waals surface area contributed by atoms with Crippen molar-refractivity contribution in [2.24, 2.45) is 5.41 Å². The van der Waals surface area contributed by atoms with Gasteiger partial charge in [-0.05, 0) is 61.5 Å². The highest BCUT2D eigenvalue weighted by molar-refractivity contribution is 5.78. The van der Waals surface area contributed by atoms with Crippen molar-refractivity contribution in [3.05, 3.63) is 34.4 Å². The van der Waals surface area contributed by atoms with Gasteiger partial charge in [-0.1, -0.05) is 0 Å². The number of hydrogen-bond acceptors (Lipinski definition) is 3. The summed E-state index contributed by atoms with van der Waals surface area (Å²) in [5.41, 5.74) is 0.457. The van der Waals surface area contributed by atoms with Crippen LogP contribution >= 0.6 is 0 Å². The van der Waals surface area contributed by atoms with Crippen LogP contribution in [0.3, 0.4) is 0 Å². The third-order valence-corrected chi connectivity index (χ3v) is 5.01. The molecular formula is C17H21F3N2O. The molecule has 0 bridgehead atoms. The smallest absolute Gasteiger partial charge is 0.316 e. The molecule has 1 heterocycles. The van der Waals surface area contributed by atoms with Crippen molar-refractivity contribution in [2.45, 2.75) is 38.5 Å². The molecule has 2 fully saturated rings. The molecule has 3 rings (SSSR count). The van der Waals surface area contributed by atoms with Gasteiger partial charge in [0.1, 0.15) is 6.29 Å². The van der Waals surface area contributed by atoms with E-state index in [4.69, 9.17) is 0 Å². The molecule has 23 heavy (non-hydrogen) atoms. The first-order chi connectivity index (χ1) is 10.9. The lowest BCUT2D eigenvalue weighted by molar-refractivity contribution is -0.138. The number of carbonyl (C=O) groups excluding carboxylic acids is 1. The Morgan fingerprint density at radius 2 is 2.04 bits per heavy atom. The molecular weight excluding hydrogens is 305 g/mol. The van der Waals surface area contributed by atoms with Crippen LogP contribution in [0.5, 0.6) is 0 Å². The van der Waals surface area contributed by atoms with Crippen LogP contribution in [-0.2, 0) is 19.3 Å². The topological polar surface area (TPSA) is 32.3 Å². The van der Waals surface area contributed by atoms with Gasteiger partial charge in [0.05, 0.1) is 5.56 Å². The van der Waals surface area contributed by atoms with Crippen LogP contribution < -0.4 is 5.32 Å². The van der Waals surface area contributed by atoms with Crippen LogP contribution in [0.25, 0.3) is 0 Å². The average Bonchev–Trinajstić information content (AvgIpc) is 3.12. The Balaban J connectivity index is 1.89. The molecule has 0 radical (unpaired) electrons. The zero-order chi connectivity index (χ0) is 16.7. The van der Waals surface area contributed by atoms with E-state index in [1.807, 2.05) is 0 Å². The van der Waals surface area contributed by atoms with Crippen molar-refractivity contribution >= 4 is 6.29 Å². The molecule has 1 aromatic rings. The molecule has 1 saturated heterocycles. The summed E-state index contributed by atoms with van der Waals surface area (Å²) in [6.45, 7) is 2.39. The molecule has 1 aliphatic carbocycles. The molecule has 1 aliphatic heterocycles. The Morgan fingerprint density at radius 1 is 1.30 bits per heavy atom. The van der Waals surface area contributed by atoms with E-state index >= 15 is 0 Å². The van der Waals surface area contributed by atoms with E-state index in [0.717, 1.165) is 19.5 Å². The number of aldehydes is 1. The van der Waals surface area contributed by atoms with Gasteiger partial charge in [-0.3, -0.25) is 9.69 Å². The maximum absolute atomic E-state index is 13.4. The van der Waals surface area contributed by atoms with Crippen LogP contribution in [0.1, 0.15) is 46.3 Å². The minimum atomic E-state index is -4.46. The first kappa shape index (κ1) is 16.5. The molecule has 1 saturated carbocycles. The second kappa shape index (κ2) is 5.91. The van der Waals surface area contributed by atoms with Crippen molar-refractivity contribution in [1.29, 1.82) is 0 Å². The van der Waals surface area contributed by atoms with Crippen LogP contribution in [0.15, 0.2) is 12.1 Å².